The number of nitro benzene ring substituents is 1. The van der Waals surface area contributed by atoms with Gasteiger partial charge in [0.2, 0.25) is 11.6 Å². The lowest BCUT2D eigenvalue weighted by Gasteiger charge is -2.13. The number of ether oxygens (including phenoxy) is 4. The average Bonchev–Trinajstić information content (AvgIpc) is 3.08. The van der Waals surface area contributed by atoms with E-state index >= 15 is 0 Å². The molecule has 10 heteroatoms. The van der Waals surface area contributed by atoms with E-state index in [1.807, 2.05) is 0 Å². The Hall–Kier alpha value is -4.21. The zero-order chi connectivity index (χ0) is 21.8. The minimum absolute atomic E-state index is 0.00713. The molecule has 154 valence electrons. The summed E-state index contributed by atoms with van der Waals surface area (Å²) in [5, 5.41) is 10.8. The Kier molecular flexibility index (Phi) is 5.77. The van der Waals surface area contributed by atoms with Crippen LogP contribution in [0.1, 0.15) is 18.1 Å². The molecule has 0 spiro atoms. The van der Waals surface area contributed by atoms with Gasteiger partial charge in [-0.2, -0.15) is 0 Å². The second-order valence-electron chi connectivity index (χ2n) is 5.99. The topological polar surface area (TPSA) is 127 Å². The van der Waals surface area contributed by atoms with Crippen LogP contribution < -0.4 is 14.2 Å². The first-order chi connectivity index (χ1) is 14.3. The number of carbonyl (C=O) groups excluding carboxylic acids is 2. The molecule has 0 bridgehead atoms. The quantitative estimate of drug-likeness (QED) is 0.233. The van der Waals surface area contributed by atoms with Crippen LogP contribution >= 0.6 is 0 Å². The molecule has 2 aromatic carbocycles. The maximum atomic E-state index is 12.2. The standard InChI is InChI=1S/C20H16N2O8/c1-11(23)29-18-16(27-2)9-12(10-17(18)28-3)8-15-20(24)30-19(21-15)13-4-6-14(7-5-13)22(25)26/h4-10H,1-3H3/b15-8-. The summed E-state index contributed by atoms with van der Waals surface area (Å²) in [5.41, 5.74) is 0.817. The van der Waals surface area contributed by atoms with Crippen molar-refractivity contribution in [3.05, 3.63) is 63.3 Å². The molecule has 10 nitrogen and oxygen atoms in total. The summed E-state index contributed by atoms with van der Waals surface area (Å²) in [6.07, 6.45) is 1.45. The van der Waals surface area contributed by atoms with Crippen LogP contribution in [0.25, 0.3) is 6.08 Å². The lowest BCUT2D eigenvalue weighted by atomic mass is 10.1. The molecular formula is C20H16N2O8. The highest BCUT2D eigenvalue weighted by Crippen LogP contribution is 2.39. The van der Waals surface area contributed by atoms with Gasteiger partial charge in [0, 0.05) is 24.6 Å². The van der Waals surface area contributed by atoms with Crippen LogP contribution in [0, 0.1) is 10.1 Å². The molecule has 0 radical (unpaired) electrons. The Morgan fingerprint density at radius 3 is 2.23 bits per heavy atom. The van der Waals surface area contributed by atoms with Crippen molar-refractivity contribution in [2.45, 2.75) is 6.92 Å². The third kappa shape index (κ3) is 4.27. The number of methoxy groups -OCH3 is 2. The Balaban J connectivity index is 1.96. The number of hydrogen-bond acceptors (Lipinski definition) is 9. The summed E-state index contributed by atoms with van der Waals surface area (Å²) in [7, 11) is 2.79. The highest BCUT2D eigenvalue weighted by molar-refractivity contribution is 6.12. The predicted octanol–water partition coefficient (Wildman–Crippen LogP) is 2.88. The Morgan fingerprint density at radius 2 is 1.73 bits per heavy atom. The van der Waals surface area contributed by atoms with E-state index in [2.05, 4.69) is 4.99 Å². The normalized spacial score (nSPS) is 14.2. The molecular weight excluding hydrogens is 396 g/mol. The Morgan fingerprint density at radius 1 is 1.13 bits per heavy atom. The van der Waals surface area contributed by atoms with Gasteiger partial charge in [-0.3, -0.25) is 14.9 Å². The minimum Gasteiger partial charge on any atom is -0.493 e. The molecule has 0 amide bonds. The van der Waals surface area contributed by atoms with Crippen LogP contribution in [0.3, 0.4) is 0 Å². The van der Waals surface area contributed by atoms with Gasteiger partial charge in [-0.25, -0.2) is 9.79 Å². The van der Waals surface area contributed by atoms with Gasteiger partial charge >= 0.3 is 11.9 Å². The number of nitro groups is 1. The van der Waals surface area contributed by atoms with Gasteiger partial charge in [-0.1, -0.05) is 0 Å². The molecule has 2 aromatic rings. The fourth-order valence-electron chi connectivity index (χ4n) is 2.64. The number of carbonyl (C=O) groups is 2. The summed E-state index contributed by atoms with van der Waals surface area (Å²) in [6.45, 7) is 1.25. The third-order valence-corrected chi connectivity index (χ3v) is 3.98. The molecule has 0 unspecified atom stereocenters. The van der Waals surface area contributed by atoms with E-state index in [9.17, 15) is 19.7 Å². The lowest BCUT2D eigenvalue weighted by molar-refractivity contribution is -0.384. The van der Waals surface area contributed by atoms with Gasteiger partial charge in [0.15, 0.2) is 17.2 Å². The molecule has 30 heavy (non-hydrogen) atoms. The number of hydrogen-bond donors (Lipinski definition) is 0. The van der Waals surface area contributed by atoms with Crippen LogP contribution in [0.15, 0.2) is 47.1 Å². The molecule has 0 saturated carbocycles. The van der Waals surface area contributed by atoms with Crippen molar-refractivity contribution in [2.75, 3.05) is 14.2 Å². The number of nitrogens with zero attached hydrogens (tertiary/aromatic N) is 2. The fourth-order valence-corrected chi connectivity index (χ4v) is 2.64. The van der Waals surface area contributed by atoms with Gasteiger partial charge in [-0.05, 0) is 35.9 Å². The van der Waals surface area contributed by atoms with Crippen molar-refractivity contribution in [1.82, 2.24) is 0 Å². The van der Waals surface area contributed by atoms with E-state index in [0.717, 1.165) is 0 Å². The number of benzene rings is 2. The van der Waals surface area contributed by atoms with Gasteiger partial charge < -0.3 is 18.9 Å². The number of cyclic esters (lactones) is 1. The molecule has 1 heterocycles. The van der Waals surface area contributed by atoms with E-state index in [0.29, 0.717) is 11.1 Å². The van der Waals surface area contributed by atoms with Gasteiger partial charge in [0.1, 0.15) is 0 Å². The maximum Gasteiger partial charge on any atom is 0.363 e. The van der Waals surface area contributed by atoms with E-state index in [1.54, 1.807) is 12.1 Å². The van der Waals surface area contributed by atoms with Gasteiger partial charge in [-0.15, -0.1) is 0 Å². The maximum absolute atomic E-state index is 12.2. The fraction of sp³-hybridized carbons (Fsp3) is 0.150. The average molecular weight is 412 g/mol. The molecule has 0 atom stereocenters. The predicted molar refractivity (Wildman–Crippen MR) is 105 cm³/mol. The number of esters is 2. The lowest BCUT2D eigenvalue weighted by Crippen LogP contribution is -2.06. The Bertz CT molecular complexity index is 1060. The highest BCUT2D eigenvalue weighted by atomic mass is 16.6. The summed E-state index contributed by atoms with van der Waals surface area (Å²) in [4.78, 5) is 37.9. The van der Waals surface area contributed by atoms with E-state index in [4.69, 9.17) is 18.9 Å². The molecule has 0 aliphatic carbocycles. The molecule has 0 N–H and O–H groups in total. The monoisotopic (exact) mass is 412 g/mol. The van der Waals surface area contributed by atoms with Crippen molar-refractivity contribution >= 4 is 29.6 Å². The van der Waals surface area contributed by atoms with Crippen LogP contribution in [-0.2, 0) is 14.3 Å². The van der Waals surface area contributed by atoms with Crippen molar-refractivity contribution in [3.8, 4) is 17.2 Å². The first-order valence-electron chi connectivity index (χ1n) is 8.54. The van der Waals surface area contributed by atoms with E-state index in [1.165, 1.54) is 51.5 Å². The minimum atomic E-state index is -0.689. The van der Waals surface area contributed by atoms with Crippen molar-refractivity contribution in [1.29, 1.82) is 0 Å². The summed E-state index contributed by atoms with van der Waals surface area (Å²) < 4.78 is 20.8. The summed E-state index contributed by atoms with van der Waals surface area (Å²) >= 11 is 0. The summed E-state index contributed by atoms with van der Waals surface area (Å²) in [6, 6.07) is 8.54. The number of non-ortho nitro benzene ring substituents is 1. The third-order valence-electron chi connectivity index (χ3n) is 3.98. The number of aliphatic imine (C=N–C) groups is 1. The first kappa shape index (κ1) is 20.5. The zero-order valence-electron chi connectivity index (χ0n) is 16.2. The molecule has 1 aliphatic rings. The van der Waals surface area contributed by atoms with E-state index < -0.39 is 16.9 Å². The molecule has 0 fully saturated rings. The molecule has 1 aliphatic heterocycles. The molecule has 0 saturated heterocycles. The zero-order valence-corrected chi connectivity index (χ0v) is 16.2. The van der Waals surface area contributed by atoms with Crippen LogP contribution in [0.5, 0.6) is 17.2 Å². The van der Waals surface area contributed by atoms with Gasteiger partial charge in [0.05, 0.1) is 19.1 Å². The second kappa shape index (κ2) is 8.43. The second-order valence-corrected chi connectivity index (χ2v) is 5.99. The van der Waals surface area contributed by atoms with E-state index in [-0.39, 0.29) is 34.5 Å². The first-order valence-corrected chi connectivity index (χ1v) is 8.54. The largest absolute Gasteiger partial charge is 0.493 e. The number of rotatable bonds is 6. The SMILES string of the molecule is COc1cc(/C=C2\N=C(c3ccc([N+](=O)[O-])cc3)OC2=O)cc(OC)c1OC(C)=O. The van der Waals surface area contributed by atoms with Gasteiger partial charge in [0.25, 0.3) is 5.69 Å². The molecule has 0 aromatic heterocycles. The smallest absolute Gasteiger partial charge is 0.363 e. The summed E-state index contributed by atoms with van der Waals surface area (Å²) in [5.74, 6) is -0.653. The highest BCUT2D eigenvalue weighted by Gasteiger charge is 2.25. The Labute approximate surface area is 170 Å². The van der Waals surface area contributed by atoms with Crippen molar-refractivity contribution in [2.24, 2.45) is 4.99 Å². The van der Waals surface area contributed by atoms with Crippen LogP contribution in [0.4, 0.5) is 5.69 Å². The van der Waals surface area contributed by atoms with Crippen LogP contribution in [0.2, 0.25) is 0 Å². The van der Waals surface area contributed by atoms with Crippen molar-refractivity contribution in [3.63, 3.8) is 0 Å². The molecule has 3 rings (SSSR count). The van der Waals surface area contributed by atoms with Crippen molar-refractivity contribution < 1.29 is 33.5 Å². The van der Waals surface area contributed by atoms with Crippen LogP contribution in [-0.4, -0.2) is 37.0 Å².